The molecule has 0 unspecified atom stereocenters. The predicted octanol–water partition coefficient (Wildman–Crippen LogP) is 4.46. The lowest BCUT2D eigenvalue weighted by atomic mass is 10.2. The Kier molecular flexibility index (Phi) is 7.94. The molecule has 2 amide bonds. The van der Waals surface area contributed by atoms with Gasteiger partial charge in [-0.3, -0.25) is 14.5 Å². The number of hydrogen-bond donors (Lipinski definition) is 1. The van der Waals surface area contributed by atoms with E-state index in [0.29, 0.717) is 35.4 Å². The number of amidine groups is 1. The highest BCUT2D eigenvalue weighted by molar-refractivity contribution is 8.15. The summed E-state index contributed by atoms with van der Waals surface area (Å²) >= 11 is 1.31. The van der Waals surface area contributed by atoms with Gasteiger partial charge < -0.3 is 14.8 Å². The molecule has 1 fully saturated rings. The topological polar surface area (TPSA) is 80.2 Å². The van der Waals surface area contributed by atoms with Crippen molar-refractivity contribution < 1.29 is 19.1 Å². The maximum Gasteiger partial charge on any atom is 0.242 e. The van der Waals surface area contributed by atoms with E-state index in [-0.39, 0.29) is 18.2 Å². The quantitative estimate of drug-likeness (QED) is 0.621. The molecule has 1 saturated heterocycles. The maximum absolute atomic E-state index is 12.8. The van der Waals surface area contributed by atoms with Crippen LogP contribution in [0.5, 0.6) is 11.5 Å². The van der Waals surface area contributed by atoms with E-state index in [1.54, 1.807) is 30.2 Å². The fourth-order valence-electron chi connectivity index (χ4n) is 3.04. The van der Waals surface area contributed by atoms with Crippen LogP contribution >= 0.6 is 11.8 Å². The number of nitrogens with one attached hydrogen (secondary N) is 1. The van der Waals surface area contributed by atoms with Crippen LogP contribution in [0.2, 0.25) is 0 Å². The molecule has 0 saturated carbocycles. The van der Waals surface area contributed by atoms with Gasteiger partial charge in [-0.25, -0.2) is 4.99 Å². The van der Waals surface area contributed by atoms with E-state index >= 15 is 0 Å². The lowest BCUT2D eigenvalue weighted by molar-refractivity contribution is -0.128. The Morgan fingerprint density at radius 3 is 2.61 bits per heavy atom. The number of amides is 2. The highest BCUT2D eigenvalue weighted by atomic mass is 32.2. The zero-order valence-corrected chi connectivity index (χ0v) is 18.8. The zero-order chi connectivity index (χ0) is 22.2. The van der Waals surface area contributed by atoms with Gasteiger partial charge in [0, 0.05) is 24.7 Å². The minimum absolute atomic E-state index is 0.0746. The average Bonchev–Trinajstić information content (AvgIpc) is 3.06. The van der Waals surface area contributed by atoms with E-state index in [2.05, 4.69) is 10.3 Å². The van der Waals surface area contributed by atoms with Gasteiger partial charge in [0.05, 0.1) is 19.4 Å². The van der Waals surface area contributed by atoms with Crippen molar-refractivity contribution in [2.75, 3.05) is 25.6 Å². The number of thioether (sulfide) groups is 1. The fraction of sp³-hybridized carbons (Fsp3) is 0.348. The monoisotopic (exact) mass is 441 g/mol. The SMILES string of the molecule is CCCOc1ccc(NC(=O)C[C@H]2SC(=Nc3cccc(OC)c3)N(CC)C2=O)cc1. The van der Waals surface area contributed by atoms with Crippen LogP contribution in [0.3, 0.4) is 0 Å². The van der Waals surface area contributed by atoms with E-state index in [1.165, 1.54) is 11.8 Å². The molecular weight excluding hydrogens is 414 g/mol. The van der Waals surface area contributed by atoms with Gasteiger partial charge in [-0.2, -0.15) is 0 Å². The van der Waals surface area contributed by atoms with Crippen molar-refractivity contribution >= 4 is 40.1 Å². The number of carbonyl (C=O) groups excluding carboxylic acids is 2. The number of hydrogen-bond acceptors (Lipinski definition) is 6. The third-order valence-corrected chi connectivity index (χ3v) is 5.77. The van der Waals surface area contributed by atoms with Crippen LogP contribution in [0.25, 0.3) is 0 Å². The average molecular weight is 442 g/mol. The second-order valence-corrected chi connectivity index (χ2v) is 8.08. The number of rotatable bonds is 9. The summed E-state index contributed by atoms with van der Waals surface area (Å²) in [7, 11) is 1.60. The molecule has 164 valence electrons. The molecule has 3 rings (SSSR count). The molecule has 1 aliphatic rings. The van der Waals surface area contributed by atoms with E-state index in [4.69, 9.17) is 9.47 Å². The van der Waals surface area contributed by atoms with Crippen LogP contribution in [-0.4, -0.2) is 47.4 Å². The summed E-state index contributed by atoms with van der Waals surface area (Å²) in [5.74, 6) is 1.14. The number of ether oxygens (including phenoxy) is 2. The van der Waals surface area contributed by atoms with Crippen molar-refractivity contribution in [3.63, 3.8) is 0 Å². The van der Waals surface area contributed by atoms with Gasteiger partial charge in [-0.15, -0.1) is 0 Å². The Bertz CT molecular complexity index is 946. The van der Waals surface area contributed by atoms with Gasteiger partial charge >= 0.3 is 0 Å². The van der Waals surface area contributed by atoms with Crippen LogP contribution in [0.15, 0.2) is 53.5 Å². The molecule has 0 spiro atoms. The summed E-state index contributed by atoms with van der Waals surface area (Å²) in [6.45, 7) is 5.08. The Morgan fingerprint density at radius 2 is 1.94 bits per heavy atom. The molecule has 8 heteroatoms. The van der Waals surface area contributed by atoms with Crippen molar-refractivity contribution in [2.24, 2.45) is 4.99 Å². The molecule has 0 bridgehead atoms. The van der Waals surface area contributed by atoms with Gasteiger partial charge in [0.2, 0.25) is 11.8 Å². The summed E-state index contributed by atoms with van der Waals surface area (Å²) < 4.78 is 10.8. The highest BCUT2D eigenvalue weighted by Crippen LogP contribution is 2.32. The lowest BCUT2D eigenvalue weighted by Gasteiger charge is -2.13. The highest BCUT2D eigenvalue weighted by Gasteiger charge is 2.38. The summed E-state index contributed by atoms with van der Waals surface area (Å²) in [4.78, 5) is 31.5. The van der Waals surface area contributed by atoms with Crippen LogP contribution in [-0.2, 0) is 9.59 Å². The Morgan fingerprint density at radius 1 is 1.16 bits per heavy atom. The fourth-order valence-corrected chi connectivity index (χ4v) is 4.26. The van der Waals surface area contributed by atoms with E-state index in [9.17, 15) is 9.59 Å². The molecule has 1 heterocycles. The summed E-state index contributed by atoms with van der Waals surface area (Å²) in [5.41, 5.74) is 1.37. The molecule has 7 nitrogen and oxygen atoms in total. The minimum Gasteiger partial charge on any atom is -0.497 e. The number of anilines is 1. The second-order valence-electron chi connectivity index (χ2n) is 6.91. The van der Waals surface area contributed by atoms with Gasteiger partial charge in [0.25, 0.3) is 0 Å². The number of benzene rings is 2. The van der Waals surface area contributed by atoms with Crippen LogP contribution in [0.4, 0.5) is 11.4 Å². The number of methoxy groups -OCH3 is 1. The first-order valence-electron chi connectivity index (χ1n) is 10.3. The standard InChI is InChI=1S/C23H27N3O4S/c1-4-13-30-18-11-9-16(10-12-18)24-21(27)15-20-22(28)26(5-2)23(31-20)25-17-7-6-8-19(14-17)29-3/h6-12,14,20H,4-5,13,15H2,1-3H3,(H,24,27)/t20-/m1/s1. The molecule has 0 radical (unpaired) electrons. The minimum atomic E-state index is -0.503. The third-order valence-electron chi connectivity index (χ3n) is 4.60. The zero-order valence-electron chi connectivity index (χ0n) is 18.0. The Balaban J connectivity index is 1.64. The van der Waals surface area contributed by atoms with Crippen molar-refractivity contribution in [3.8, 4) is 11.5 Å². The third kappa shape index (κ3) is 6.01. The molecule has 1 aliphatic heterocycles. The first-order chi connectivity index (χ1) is 15.0. The van der Waals surface area contributed by atoms with Gasteiger partial charge in [-0.1, -0.05) is 24.8 Å². The summed E-state index contributed by atoms with van der Waals surface area (Å²) in [5, 5.41) is 2.94. The molecule has 2 aromatic carbocycles. The van der Waals surface area contributed by atoms with E-state index in [0.717, 1.165) is 12.2 Å². The van der Waals surface area contributed by atoms with Crippen molar-refractivity contribution in [3.05, 3.63) is 48.5 Å². The van der Waals surface area contributed by atoms with Crippen LogP contribution < -0.4 is 14.8 Å². The van der Waals surface area contributed by atoms with Crippen molar-refractivity contribution in [1.29, 1.82) is 0 Å². The van der Waals surface area contributed by atoms with Gasteiger partial charge in [0.15, 0.2) is 5.17 Å². The molecular formula is C23H27N3O4S. The summed E-state index contributed by atoms with van der Waals surface area (Å²) in [6, 6.07) is 14.6. The van der Waals surface area contributed by atoms with Crippen LogP contribution in [0, 0.1) is 0 Å². The van der Waals surface area contributed by atoms with Crippen molar-refractivity contribution in [2.45, 2.75) is 31.9 Å². The maximum atomic E-state index is 12.8. The molecule has 1 N–H and O–H groups in total. The molecule has 0 aliphatic carbocycles. The molecule has 2 aromatic rings. The van der Waals surface area contributed by atoms with E-state index < -0.39 is 5.25 Å². The predicted molar refractivity (Wildman–Crippen MR) is 124 cm³/mol. The first-order valence-corrected chi connectivity index (χ1v) is 11.2. The molecule has 0 aromatic heterocycles. The first kappa shape index (κ1) is 22.7. The number of nitrogens with zero attached hydrogens (tertiary/aromatic N) is 2. The summed E-state index contributed by atoms with van der Waals surface area (Å²) in [6.07, 6.45) is 1.01. The smallest absolute Gasteiger partial charge is 0.242 e. The number of aliphatic imine (C=N–C) groups is 1. The molecule has 1 atom stereocenters. The normalized spacial score (nSPS) is 17.1. The van der Waals surface area contributed by atoms with Gasteiger partial charge in [-0.05, 0) is 49.7 Å². The Hall–Kier alpha value is -3.00. The largest absolute Gasteiger partial charge is 0.497 e. The Labute approximate surface area is 186 Å². The lowest BCUT2D eigenvalue weighted by Crippen LogP contribution is -2.33. The van der Waals surface area contributed by atoms with Gasteiger partial charge in [0.1, 0.15) is 16.7 Å². The molecule has 31 heavy (non-hydrogen) atoms. The second kappa shape index (κ2) is 10.9. The van der Waals surface area contributed by atoms with Crippen LogP contribution in [0.1, 0.15) is 26.7 Å². The number of carbonyl (C=O) groups is 2. The van der Waals surface area contributed by atoms with Crippen molar-refractivity contribution in [1.82, 2.24) is 4.90 Å². The van der Waals surface area contributed by atoms with E-state index in [1.807, 2.05) is 44.2 Å².